The lowest BCUT2D eigenvalue weighted by atomic mass is 9.80. The maximum Gasteiger partial charge on any atom is 0.255 e. The average Bonchev–Trinajstić information content (AvgIpc) is 2.49. The highest BCUT2D eigenvalue weighted by Crippen LogP contribution is 2.29. The van der Waals surface area contributed by atoms with Crippen molar-refractivity contribution in [1.29, 1.82) is 0 Å². The van der Waals surface area contributed by atoms with Crippen LogP contribution < -0.4 is 11.1 Å². The third-order valence-corrected chi connectivity index (χ3v) is 4.05. The molecule has 1 saturated carbocycles. The fourth-order valence-electron chi connectivity index (χ4n) is 2.81. The second-order valence-corrected chi connectivity index (χ2v) is 5.60. The van der Waals surface area contributed by atoms with Crippen LogP contribution >= 0.6 is 0 Å². The van der Waals surface area contributed by atoms with Crippen molar-refractivity contribution in [3.63, 3.8) is 0 Å². The zero-order chi connectivity index (χ0) is 15.5. The first-order chi connectivity index (χ1) is 9.98. The Balaban J connectivity index is 2.28. The van der Waals surface area contributed by atoms with Crippen LogP contribution in [0.5, 0.6) is 5.75 Å². The lowest BCUT2D eigenvalue weighted by Crippen LogP contribution is -2.58. The lowest BCUT2D eigenvalue weighted by molar-refractivity contribution is 0.0903. The van der Waals surface area contributed by atoms with Crippen LogP contribution in [0, 0.1) is 6.92 Å². The van der Waals surface area contributed by atoms with Gasteiger partial charge >= 0.3 is 0 Å². The Kier molecular flexibility index (Phi) is 4.35. The molecule has 2 rings (SSSR count). The van der Waals surface area contributed by atoms with E-state index in [-0.39, 0.29) is 17.1 Å². The SMILES string of the molecule is Cc1ccc(O)c(C(=O)NC2(/C(N)=N/O)CCCCC2)c1. The van der Waals surface area contributed by atoms with Gasteiger partial charge in [-0.2, -0.15) is 0 Å². The van der Waals surface area contributed by atoms with Crippen molar-refractivity contribution in [1.82, 2.24) is 5.32 Å². The van der Waals surface area contributed by atoms with E-state index in [4.69, 9.17) is 10.9 Å². The van der Waals surface area contributed by atoms with Gasteiger partial charge in [-0.3, -0.25) is 4.79 Å². The number of carbonyl (C=O) groups excluding carboxylic acids is 1. The molecule has 1 fully saturated rings. The number of nitrogens with one attached hydrogen (secondary N) is 1. The Bertz CT molecular complexity index is 563. The minimum atomic E-state index is -0.833. The molecule has 6 nitrogen and oxygen atoms in total. The minimum Gasteiger partial charge on any atom is -0.507 e. The highest BCUT2D eigenvalue weighted by atomic mass is 16.4. The van der Waals surface area contributed by atoms with Crippen molar-refractivity contribution < 1.29 is 15.1 Å². The van der Waals surface area contributed by atoms with Crippen LogP contribution in [0.25, 0.3) is 0 Å². The first kappa shape index (κ1) is 15.2. The van der Waals surface area contributed by atoms with Gasteiger partial charge in [0.1, 0.15) is 11.3 Å². The minimum absolute atomic E-state index is 0.0164. The number of aromatic hydroxyl groups is 1. The zero-order valence-corrected chi connectivity index (χ0v) is 12.1. The van der Waals surface area contributed by atoms with E-state index < -0.39 is 11.4 Å². The molecule has 114 valence electrons. The lowest BCUT2D eigenvalue weighted by Gasteiger charge is -2.36. The summed E-state index contributed by atoms with van der Waals surface area (Å²) < 4.78 is 0. The topological polar surface area (TPSA) is 108 Å². The zero-order valence-electron chi connectivity index (χ0n) is 12.1. The molecule has 0 spiro atoms. The standard InChI is InChI=1S/C15H21N3O3/c1-10-5-6-12(19)11(9-10)13(20)17-15(14(16)18-21)7-3-2-4-8-15/h5-6,9,19,21H,2-4,7-8H2,1H3,(H2,16,18)(H,17,20). The summed E-state index contributed by atoms with van der Waals surface area (Å²) in [6.07, 6.45) is 4.11. The number of hydrogen-bond acceptors (Lipinski definition) is 4. The summed E-state index contributed by atoms with van der Waals surface area (Å²) >= 11 is 0. The predicted octanol–water partition coefficient (Wildman–Crippen LogP) is 1.88. The molecule has 0 saturated heterocycles. The molecule has 0 radical (unpaired) electrons. The van der Waals surface area contributed by atoms with Gasteiger partial charge in [-0.1, -0.05) is 36.0 Å². The van der Waals surface area contributed by atoms with Crippen LogP contribution in [0.2, 0.25) is 0 Å². The molecule has 0 atom stereocenters. The van der Waals surface area contributed by atoms with E-state index in [1.54, 1.807) is 12.1 Å². The normalized spacial score (nSPS) is 18.2. The molecule has 0 aromatic heterocycles. The van der Waals surface area contributed by atoms with Crippen molar-refractivity contribution >= 4 is 11.7 Å². The summed E-state index contributed by atoms with van der Waals surface area (Å²) in [5.41, 5.74) is 6.04. The Hall–Kier alpha value is -2.24. The number of amidine groups is 1. The first-order valence-corrected chi connectivity index (χ1v) is 7.09. The average molecular weight is 291 g/mol. The smallest absolute Gasteiger partial charge is 0.255 e. The van der Waals surface area contributed by atoms with Gasteiger partial charge in [0.2, 0.25) is 0 Å². The maximum absolute atomic E-state index is 12.4. The molecule has 1 aliphatic rings. The van der Waals surface area contributed by atoms with Crippen molar-refractivity contribution in [3.05, 3.63) is 29.3 Å². The van der Waals surface area contributed by atoms with Crippen LogP contribution in [0.15, 0.2) is 23.4 Å². The van der Waals surface area contributed by atoms with Crippen LogP contribution in [-0.2, 0) is 0 Å². The van der Waals surface area contributed by atoms with Gasteiger partial charge in [0.05, 0.1) is 5.56 Å². The summed E-state index contributed by atoms with van der Waals surface area (Å²) in [5, 5.41) is 24.8. The Morgan fingerprint density at radius 1 is 1.33 bits per heavy atom. The second kappa shape index (κ2) is 6.03. The molecular weight excluding hydrogens is 270 g/mol. The van der Waals surface area contributed by atoms with Gasteiger partial charge in [-0.15, -0.1) is 0 Å². The third-order valence-electron chi connectivity index (χ3n) is 4.05. The van der Waals surface area contributed by atoms with E-state index in [1.165, 1.54) is 6.07 Å². The van der Waals surface area contributed by atoms with Crippen LogP contribution in [-0.4, -0.2) is 27.6 Å². The van der Waals surface area contributed by atoms with Crippen molar-refractivity contribution in [2.75, 3.05) is 0 Å². The number of nitrogens with two attached hydrogens (primary N) is 1. The quantitative estimate of drug-likeness (QED) is 0.295. The van der Waals surface area contributed by atoms with Crippen molar-refractivity contribution in [3.8, 4) is 5.75 Å². The highest BCUT2D eigenvalue weighted by Gasteiger charge is 2.38. The van der Waals surface area contributed by atoms with Crippen molar-refractivity contribution in [2.45, 2.75) is 44.6 Å². The number of nitrogens with zero attached hydrogens (tertiary/aromatic N) is 1. The molecule has 1 aromatic carbocycles. The molecule has 0 aliphatic heterocycles. The fraction of sp³-hybridized carbons (Fsp3) is 0.467. The van der Waals surface area contributed by atoms with E-state index >= 15 is 0 Å². The summed E-state index contributed by atoms with van der Waals surface area (Å²) in [6.45, 7) is 1.84. The number of aryl methyl sites for hydroxylation is 1. The van der Waals surface area contributed by atoms with Crippen LogP contribution in [0.3, 0.4) is 0 Å². The number of amides is 1. The molecule has 1 aliphatic carbocycles. The molecule has 0 bridgehead atoms. The van der Waals surface area contributed by atoms with Crippen LogP contribution in [0.4, 0.5) is 0 Å². The largest absolute Gasteiger partial charge is 0.507 e. The molecule has 21 heavy (non-hydrogen) atoms. The van der Waals surface area contributed by atoms with Crippen molar-refractivity contribution in [2.24, 2.45) is 10.9 Å². The number of rotatable bonds is 3. The van der Waals surface area contributed by atoms with Gasteiger partial charge in [0, 0.05) is 0 Å². The summed E-state index contributed by atoms with van der Waals surface area (Å²) in [6, 6.07) is 4.83. The Labute approximate surface area is 123 Å². The molecule has 5 N–H and O–H groups in total. The summed E-state index contributed by atoms with van der Waals surface area (Å²) in [5.74, 6) is -0.476. The van der Waals surface area contributed by atoms with E-state index in [0.29, 0.717) is 12.8 Å². The maximum atomic E-state index is 12.4. The first-order valence-electron chi connectivity index (χ1n) is 7.09. The number of phenols is 1. The van der Waals surface area contributed by atoms with E-state index in [1.807, 2.05) is 6.92 Å². The number of carbonyl (C=O) groups is 1. The molecule has 0 heterocycles. The van der Waals surface area contributed by atoms with Crippen LogP contribution in [0.1, 0.15) is 48.0 Å². The highest BCUT2D eigenvalue weighted by molar-refractivity contribution is 6.02. The number of oxime groups is 1. The Morgan fingerprint density at radius 3 is 2.62 bits per heavy atom. The summed E-state index contributed by atoms with van der Waals surface area (Å²) in [7, 11) is 0. The number of phenolic OH excluding ortho intramolecular Hbond substituents is 1. The van der Waals surface area contributed by atoms with Gasteiger partial charge in [-0.25, -0.2) is 0 Å². The number of benzene rings is 1. The molecular formula is C15H21N3O3. The van der Waals surface area contributed by atoms with Gasteiger partial charge in [0.25, 0.3) is 5.91 Å². The van der Waals surface area contributed by atoms with E-state index in [2.05, 4.69) is 10.5 Å². The molecule has 1 aromatic rings. The van der Waals surface area contributed by atoms with Gasteiger partial charge < -0.3 is 21.4 Å². The van der Waals surface area contributed by atoms with Gasteiger partial charge in [-0.05, 0) is 31.9 Å². The summed E-state index contributed by atoms with van der Waals surface area (Å²) in [4.78, 5) is 12.4. The molecule has 0 unspecified atom stereocenters. The fourth-order valence-corrected chi connectivity index (χ4v) is 2.81. The van der Waals surface area contributed by atoms with Gasteiger partial charge in [0.15, 0.2) is 5.84 Å². The third kappa shape index (κ3) is 3.09. The number of hydrogen-bond donors (Lipinski definition) is 4. The Morgan fingerprint density at radius 2 is 2.00 bits per heavy atom. The monoisotopic (exact) mass is 291 g/mol. The molecule has 6 heteroatoms. The van der Waals surface area contributed by atoms with E-state index in [9.17, 15) is 9.90 Å². The molecule has 1 amide bonds. The predicted molar refractivity (Wildman–Crippen MR) is 79.5 cm³/mol. The van der Waals surface area contributed by atoms with E-state index in [0.717, 1.165) is 24.8 Å². The second-order valence-electron chi connectivity index (χ2n) is 5.60.